The molecule has 1 aromatic rings. The van der Waals surface area contributed by atoms with E-state index in [0.717, 1.165) is 17.7 Å². The van der Waals surface area contributed by atoms with Crippen LogP contribution in [0.15, 0.2) is 24.3 Å². The number of nitrogens with zero attached hydrogens (tertiary/aromatic N) is 1. The molecule has 1 aromatic carbocycles. The Bertz CT molecular complexity index is 578. The molecule has 1 aliphatic rings. The molecule has 2 N–H and O–H groups in total. The van der Waals surface area contributed by atoms with Gasteiger partial charge in [-0.2, -0.15) is 0 Å². The van der Waals surface area contributed by atoms with Crippen molar-refractivity contribution >= 4 is 17.5 Å². The van der Waals surface area contributed by atoms with Crippen molar-refractivity contribution in [2.45, 2.75) is 52.3 Å². The second-order valence-corrected chi connectivity index (χ2v) is 6.47. The zero-order chi connectivity index (χ0) is 16.5. The maximum absolute atomic E-state index is 12.7. The molecule has 0 spiro atoms. The van der Waals surface area contributed by atoms with Crippen LogP contribution in [0.2, 0.25) is 0 Å². The summed E-state index contributed by atoms with van der Waals surface area (Å²) in [5.74, 6) is -0.623. The lowest BCUT2D eigenvalue weighted by Gasteiger charge is -2.35. The van der Waals surface area contributed by atoms with Crippen LogP contribution in [0.4, 0.5) is 5.69 Å². The molecule has 5 heteroatoms. The first-order chi connectivity index (χ1) is 10.3. The number of fused-ring (bicyclic) bond motifs is 1. The predicted molar refractivity (Wildman–Crippen MR) is 85.2 cm³/mol. The molecule has 0 fully saturated rings. The van der Waals surface area contributed by atoms with Gasteiger partial charge in [0.2, 0.25) is 5.91 Å². The SMILES string of the molecule is CC[C@H](C)[C@H]1C(=O)Nc2ccccc2CN1C(=O)C(C)(C)O. The predicted octanol–water partition coefficient (Wildman–Crippen LogP) is 2.15. The number of carbonyl (C=O) groups is 2. The number of para-hydroxylation sites is 1. The Hall–Kier alpha value is -1.88. The molecule has 22 heavy (non-hydrogen) atoms. The van der Waals surface area contributed by atoms with Gasteiger partial charge < -0.3 is 15.3 Å². The number of hydrogen-bond acceptors (Lipinski definition) is 3. The molecule has 0 saturated heterocycles. The fraction of sp³-hybridized carbons (Fsp3) is 0.529. The molecular formula is C17H24N2O3. The van der Waals surface area contributed by atoms with Crippen molar-refractivity contribution in [3.63, 3.8) is 0 Å². The maximum atomic E-state index is 12.7. The minimum Gasteiger partial charge on any atom is -0.381 e. The Labute approximate surface area is 131 Å². The van der Waals surface area contributed by atoms with E-state index >= 15 is 0 Å². The van der Waals surface area contributed by atoms with Gasteiger partial charge in [0, 0.05) is 12.2 Å². The number of aliphatic hydroxyl groups is 1. The van der Waals surface area contributed by atoms with Gasteiger partial charge in [0.15, 0.2) is 0 Å². The van der Waals surface area contributed by atoms with Crippen LogP contribution in [0.25, 0.3) is 0 Å². The summed E-state index contributed by atoms with van der Waals surface area (Å²) >= 11 is 0. The van der Waals surface area contributed by atoms with Gasteiger partial charge in [-0.1, -0.05) is 38.5 Å². The molecule has 0 saturated carbocycles. The van der Waals surface area contributed by atoms with E-state index in [2.05, 4.69) is 5.32 Å². The third-order valence-electron chi connectivity index (χ3n) is 4.19. The van der Waals surface area contributed by atoms with E-state index in [1.54, 1.807) is 0 Å². The number of rotatable bonds is 3. The van der Waals surface area contributed by atoms with E-state index in [1.807, 2.05) is 38.1 Å². The zero-order valence-electron chi connectivity index (χ0n) is 13.6. The van der Waals surface area contributed by atoms with E-state index in [1.165, 1.54) is 18.7 Å². The van der Waals surface area contributed by atoms with Crippen molar-refractivity contribution in [2.75, 3.05) is 5.32 Å². The number of hydrogen-bond donors (Lipinski definition) is 2. The third-order valence-corrected chi connectivity index (χ3v) is 4.19. The summed E-state index contributed by atoms with van der Waals surface area (Å²) in [6, 6.07) is 6.86. The molecule has 0 radical (unpaired) electrons. The van der Waals surface area contributed by atoms with E-state index in [9.17, 15) is 14.7 Å². The van der Waals surface area contributed by atoms with E-state index in [0.29, 0.717) is 6.54 Å². The van der Waals surface area contributed by atoms with Gasteiger partial charge in [-0.05, 0) is 31.4 Å². The summed E-state index contributed by atoms with van der Waals surface area (Å²) in [6.07, 6.45) is 0.768. The molecule has 0 aliphatic carbocycles. The number of benzene rings is 1. The largest absolute Gasteiger partial charge is 0.381 e. The molecule has 1 aliphatic heterocycles. The highest BCUT2D eigenvalue weighted by Gasteiger charge is 2.40. The fourth-order valence-corrected chi connectivity index (χ4v) is 2.75. The van der Waals surface area contributed by atoms with Crippen molar-refractivity contribution in [3.8, 4) is 0 Å². The molecule has 2 atom stereocenters. The van der Waals surface area contributed by atoms with Crippen LogP contribution in [0, 0.1) is 5.92 Å². The highest BCUT2D eigenvalue weighted by Crippen LogP contribution is 2.28. The fourth-order valence-electron chi connectivity index (χ4n) is 2.75. The molecule has 5 nitrogen and oxygen atoms in total. The molecule has 2 rings (SSSR count). The topological polar surface area (TPSA) is 69.6 Å². The lowest BCUT2D eigenvalue weighted by atomic mass is 9.95. The number of carbonyl (C=O) groups excluding carboxylic acids is 2. The number of amides is 2. The molecule has 0 aromatic heterocycles. The average molecular weight is 304 g/mol. The van der Waals surface area contributed by atoms with E-state index in [-0.39, 0.29) is 11.8 Å². The van der Waals surface area contributed by atoms with Gasteiger partial charge in [-0.3, -0.25) is 9.59 Å². The van der Waals surface area contributed by atoms with Crippen LogP contribution in [0.5, 0.6) is 0 Å². The molecule has 2 amide bonds. The molecular weight excluding hydrogens is 280 g/mol. The highest BCUT2D eigenvalue weighted by atomic mass is 16.3. The summed E-state index contributed by atoms with van der Waals surface area (Å²) in [4.78, 5) is 26.8. The second-order valence-electron chi connectivity index (χ2n) is 6.47. The summed E-state index contributed by atoms with van der Waals surface area (Å²) in [5.41, 5.74) is 0.0942. The normalized spacial score (nSPS) is 20.0. The molecule has 1 heterocycles. The Kier molecular flexibility index (Phi) is 4.56. The van der Waals surface area contributed by atoms with Gasteiger partial charge in [-0.25, -0.2) is 0 Å². The van der Waals surface area contributed by atoms with Crippen LogP contribution in [0.1, 0.15) is 39.7 Å². The lowest BCUT2D eigenvalue weighted by molar-refractivity contribution is -0.155. The summed E-state index contributed by atoms with van der Waals surface area (Å²) < 4.78 is 0. The van der Waals surface area contributed by atoms with Crippen LogP contribution in [-0.2, 0) is 16.1 Å². The summed E-state index contributed by atoms with van der Waals surface area (Å²) in [6.45, 7) is 7.16. The number of nitrogens with one attached hydrogen (secondary N) is 1. The van der Waals surface area contributed by atoms with Crippen molar-refractivity contribution in [1.82, 2.24) is 4.90 Å². The Balaban J connectivity index is 2.48. The minimum atomic E-state index is -1.51. The highest BCUT2D eigenvalue weighted by molar-refractivity contribution is 6.00. The van der Waals surface area contributed by atoms with Crippen molar-refractivity contribution in [2.24, 2.45) is 5.92 Å². The van der Waals surface area contributed by atoms with Crippen molar-refractivity contribution in [3.05, 3.63) is 29.8 Å². The molecule has 0 bridgehead atoms. The average Bonchev–Trinajstić information content (AvgIpc) is 2.60. The Morgan fingerprint density at radius 3 is 2.68 bits per heavy atom. The van der Waals surface area contributed by atoms with Crippen LogP contribution < -0.4 is 5.32 Å². The van der Waals surface area contributed by atoms with Gasteiger partial charge in [0.05, 0.1) is 0 Å². The summed E-state index contributed by atoms with van der Waals surface area (Å²) in [7, 11) is 0. The van der Waals surface area contributed by atoms with Gasteiger partial charge in [0.1, 0.15) is 11.6 Å². The van der Waals surface area contributed by atoms with E-state index < -0.39 is 17.6 Å². The van der Waals surface area contributed by atoms with Crippen LogP contribution in [-0.4, -0.2) is 33.5 Å². The van der Waals surface area contributed by atoms with Crippen molar-refractivity contribution in [1.29, 1.82) is 0 Å². The van der Waals surface area contributed by atoms with Crippen LogP contribution in [0.3, 0.4) is 0 Å². The van der Waals surface area contributed by atoms with Crippen molar-refractivity contribution < 1.29 is 14.7 Å². The summed E-state index contributed by atoms with van der Waals surface area (Å²) in [5, 5.41) is 13.0. The van der Waals surface area contributed by atoms with Crippen LogP contribution >= 0.6 is 0 Å². The van der Waals surface area contributed by atoms with Gasteiger partial charge in [-0.15, -0.1) is 0 Å². The molecule has 120 valence electrons. The number of anilines is 1. The second kappa shape index (κ2) is 6.08. The third kappa shape index (κ3) is 3.14. The monoisotopic (exact) mass is 304 g/mol. The van der Waals surface area contributed by atoms with E-state index in [4.69, 9.17) is 0 Å². The first kappa shape index (κ1) is 16.5. The minimum absolute atomic E-state index is 0.000567. The maximum Gasteiger partial charge on any atom is 0.254 e. The van der Waals surface area contributed by atoms with Gasteiger partial charge in [0.25, 0.3) is 5.91 Å². The first-order valence-corrected chi connectivity index (χ1v) is 7.68. The standard InChI is InChI=1S/C17H24N2O3/c1-5-11(2)14-15(20)18-13-9-7-6-8-12(13)10-19(14)16(21)17(3,4)22/h6-9,11,14,22H,5,10H2,1-4H3,(H,18,20)/t11-,14-/m0/s1. The smallest absolute Gasteiger partial charge is 0.254 e. The lowest BCUT2D eigenvalue weighted by Crippen LogP contribution is -2.54. The Morgan fingerprint density at radius 1 is 1.45 bits per heavy atom. The van der Waals surface area contributed by atoms with Gasteiger partial charge >= 0.3 is 0 Å². The zero-order valence-corrected chi connectivity index (χ0v) is 13.6. The Morgan fingerprint density at radius 2 is 2.09 bits per heavy atom. The quantitative estimate of drug-likeness (QED) is 0.899. The molecule has 0 unspecified atom stereocenters. The first-order valence-electron chi connectivity index (χ1n) is 7.68.